The molecule has 2 amide bonds. The molecule has 4 saturated heterocycles. The molecule has 5 aliphatic rings. The molecule has 1 aromatic rings. The lowest BCUT2D eigenvalue weighted by Gasteiger charge is -2.51. The zero-order valence-corrected chi connectivity index (χ0v) is 31.6. The average Bonchev–Trinajstić information content (AvgIpc) is 3.39. The lowest BCUT2D eigenvalue weighted by molar-refractivity contribution is -0.370. The highest BCUT2D eigenvalue weighted by atomic mass is 127. The predicted molar refractivity (Wildman–Crippen MR) is 186 cm³/mol. The Morgan fingerprint density at radius 3 is 2.39 bits per heavy atom. The van der Waals surface area contributed by atoms with Crippen LogP contribution < -0.4 is 5.32 Å². The van der Waals surface area contributed by atoms with Crippen molar-refractivity contribution >= 4 is 34.8 Å². The van der Waals surface area contributed by atoms with Gasteiger partial charge in [-0.3, -0.25) is 4.90 Å². The van der Waals surface area contributed by atoms with Crippen LogP contribution in [-0.2, 0) is 39.8 Å². The summed E-state index contributed by atoms with van der Waals surface area (Å²) in [5, 5.41) is 14.4. The molecule has 17 atom stereocenters. The summed E-state index contributed by atoms with van der Waals surface area (Å²) in [6.07, 6.45) is -3.69. The third kappa shape index (κ3) is 7.59. The van der Waals surface area contributed by atoms with Crippen LogP contribution in [0.4, 0.5) is 9.59 Å². The maximum Gasteiger partial charge on any atom is 0.410 e. The number of hydrogen-bond donors (Lipinski definition) is 2. The molecule has 0 bridgehead atoms. The molecule has 49 heavy (non-hydrogen) atoms. The lowest BCUT2D eigenvalue weighted by atomic mass is 9.78. The van der Waals surface area contributed by atoms with E-state index in [4.69, 9.17) is 33.2 Å². The summed E-state index contributed by atoms with van der Waals surface area (Å²) in [7, 11) is 1.69. The summed E-state index contributed by atoms with van der Waals surface area (Å²) in [4.78, 5) is 27.1. The second-order valence-corrected chi connectivity index (χ2v) is 16.3. The molecular formula is C36H53IN2O10. The first-order valence-electron chi connectivity index (χ1n) is 17.9. The minimum absolute atomic E-state index is 0.0812. The number of carbonyl (C=O) groups is 2. The van der Waals surface area contributed by atoms with Crippen molar-refractivity contribution in [2.45, 2.75) is 139 Å². The van der Waals surface area contributed by atoms with Crippen LogP contribution in [0, 0.1) is 29.6 Å². The van der Waals surface area contributed by atoms with E-state index in [-0.39, 0.29) is 46.5 Å². The number of nitrogens with one attached hydrogen (secondary N) is 1. The minimum Gasteiger partial charge on any atom is -0.445 e. The molecular weight excluding hydrogens is 747 g/mol. The molecule has 9 unspecified atom stereocenters. The zero-order chi connectivity index (χ0) is 35.1. The molecule has 0 spiro atoms. The normalized spacial score (nSPS) is 45.2. The summed E-state index contributed by atoms with van der Waals surface area (Å²) >= 11 is 2.18. The number of alkyl carbamates (subject to hydrolysis) is 1. The minimum atomic E-state index is -0.865. The number of hydrogen-bond acceptors (Lipinski definition) is 10. The molecule has 13 heteroatoms. The van der Waals surface area contributed by atoms with Crippen LogP contribution >= 0.6 is 22.6 Å². The molecule has 1 aliphatic carbocycles. The molecule has 4 heterocycles. The molecule has 0 aromatic heterocycles. The van der Waals surface area contributed by atoms with Crippen LogP contribution in [0.5, 0.6) is 0 Å². The summed E-state index contributed by atoms with van der Waals surface area (Å²) in [6, 6.07) is 8.67. The zero-order valence-electron chi connectivity index (χ0n) is 29.5. The van der Waals surface area contributed by atoms with Gasteiger partial charge < -0.3 is 43.6 Å². The van der Waals surface area contributed by atoms with Crippen molar-refractivity contribution in [3.05, 3.63) is 35.9 Å². The highest BCUT2D eigenvalue weighted by Crippen LogP contribution is 2.44. The van der Waals surface area contributed by atoms with E-state index >= 15 is 0 Å². The first kappa shape index (κ1) is 37.0. The quantitative estimate of drug-likeness (QED) is 0.266. The standard InChI is InChI=1S/C36H53IN2O10/c1-8-24-20(5)19(4)21(6)33(44-24)49-34-27-31(48-36(42)39(27)7)30-25(45-34)15-18(3)32(47-30)46-29-17(2)14-23(26(37)28(29)40)38-35(41)43-16-22-12-10-9-11-13-22/h9-13,17-21,23-34,40H,8,14-16H2,1-7H3,(H,38,41)/t17?,18?,19-,20-,21?,23+,24?,25-,26?,27?,28+,29+,30?,31?,32-,33+,34?/m0/s1. The van der Waals surface area contributed by atoms with E-state index in [9.17, 15) is 14.7 Å². The molecule has 274 valence electrons. The monoisotopic (exact) mass is 800 g/mol. The van der Waals surface area contributed by atoms with Gasteiger partial charge in [0.05, 0.1) is 28.3 Å². The Bertz CT molecular complexity index is 1290. The van der Waals surface area contributed by atoms with Crippen molar-refractivity contribution in [3.63, 3.8) is 0 Å². The van der Waals surface area contributed by atoms with Crippen molar-refractivity contribution in [2.75, 3.05) is 7.05 Å². The Balaban J connectivity index is 1.08. The number of aliphatic hydroxyl groups is 1. The van der Waals surface area contributed by atoms with Gasteiger partial charge >= 0.3 is 12.2 Å². The van der Waals surface area contributed by atoms with Gasteiger partial charge in [0.15, 0.2) is 25.0 Å². The topological polar surface area (TPSA) is 134 Å². The van der Waals surface area contributed by atoms with E-state index in [0.29, 0.717) is 24.7 Å². The summed E-state index contributed by atoms with van der Waals surface area (Å²) < 4.78 is 43.8. The van der Waals surface area contributed by atoms with E-state index in [1.165, 1.54) is 4.90 Å². The van der Waals surface area contributed by atoms with Gasteiger partial charge in [0, 0.05) is 24.9 Å². The van der Waals surface area contributed by atoms with Crippen LogP contribution in [0.3, 0.4) is 0 Å². The van der Waals surface area contributed by atoms with E-state index in [1.54, 1.807) is 7.05 Å². The number of likely N-dealkylation sites (N-methyl/N-ethyl adjacent to an activating group) is 1. The fourth-order valence-electron chi connectivity index (χ4n) is 8.24. The molecule has 4 aliphatic heterocycles. The van der Waals surface area contributed by atoms with Crippen molar-refractivity contribution in [2.24, 2.45) is 29.6 Å². The number of fused-ring (bicyclic) bond motifs is 3. The number of ether oxygens (including phenoxy) is 7. The Kier molecular flexibility index (Phi) is 11.7. The van der Waals surface area contributed by atoms with Gasteiger partial charge in [0.1, 0.15) is 18.8 Å². The highest BCUT2D eigenvalue weighted by molar-refractivity contribution is 14.1. The predicted octanol–water partition coefficient (Wildman–Crippen LogP) is 5.23. The first-order valence-corrected chi connectivity index (χ1v) is 19.1. The van der Waals surface area contributed by atoms with Crippen LogP contribution in [0.1, 0.15) is 66.4 Å². The number of halogens is 1. The molecule has 1 saturated carbocycles. The van der Waals surface area contributed by atoms with Gasteiger partial charge in [-0.1, -0.05) is 94.5 Å². The van der Waals surface area contributed by atoms with Gasteiger partial charge in [0.25, 0.3) is 0 Å². The van der Waals surface area contributed by atoms with Crippen molar-refractivity contribution in [3.8, 4) is 0 Å². The number of alkyl halides is 1. The third-order valence-electron chi connectivity index (χ3n) is 11.6. The molecule has 0 radical (unpaired) electrons. The maximum absolute atomic E-state index is 12.9. The van der Waals surface area contributed by atoms with Crippen molar-refractivity contribution < 1.29 is 47.9 Å². The Morgan fingerprint density at radius 2 is 1.67 bits per heavy atom. The number of rotatable bonds is 8. The second-order valence-electron chi connectivity index (χ2n) is 14.9. The number of nitrogens with zero attached hydrogens (tertiary/aromatic N) is 1. The SMILES string of the molecule is CCC1O[C@H](OC2O[C@H]3CC(C)[C@@H](O[C@@H]4C(C)C[C@@H](NC(=O)OCc5ccccc5)C(I)[C@H]4O)OC3C3OC(=O)N(C)C23)C(C)[C@@H](C)[C@@H]1C. The average molecular weight is 801 g/mol. The van der Waals surface area contributed by atoms with E-state index in [2.05, 4.69) is 55.6 Å². The molecule has 12 nitrogen and oxygen atoms in total. The highest BCUT2D eigenvalue weighted by Gasteiger charge is 2.60. The largest absolute Gasteiger partial charge is 0.445 e. The Hall–Kier alpha value is -1.75. The van der Waals surface area contributed by atoms with Gasteiger partial charge in [-0.2, -0.15) is 0 Å². The van der Waals surface area contributed by atoms with Crippen molar-refractivity contribution in [1.29, 1.82) is 0 Å². The van der Waals surface area contributed by atoms with Crippen molar-refractivity contribution in [1.82, 2.24) is 10.2 Å². The molecule has 5 fully saturated rings. The first-order chi connectivity index (χ1) is 23.4. The Labute approximate surface area is 303 Å². The Morgan fingerprint density at radius 1 is 0.939 bits per heavy atom. The van der Waals surface area contributed by atoms with Crippen LogP contribution in [0.2, 0.25) is 0 Å². The molecule has 2 N–H and O–H groups in total. The van der Waals surface area contributed by atoms with E-state index in [0.717, 1.165) is 12.0 Å². The molecule has 6 rings (SSSR count). The van der Waals surface area contributed by atoms with Gasteiger partial charge in [0.2, 0.25) is 0 Å². The van der Waals surface area contributed by atoms with Gasteiger partial charge in [-0.05, 0) is 42.6 Å². The second kappa shape index (κ2) is 15.5. The fourth-order valence-corrected chi connectivity index (χ4v) is 9.12. The lowest BCUT2D eigenvalue weighted by Crippen LogP contribution is -2.65. The van der Waals surface area contributed by atoms with E-state index in [1.807, 2.05) is 44.2 Å². The number of carbonyl (C=O) groups excluding carboxylic acids is 2. The summed E-state index contributed by atoms with van der Waals surface area (Å²) in [6.45, 7) is 13.0. The number of amides is 2. The summed E-state index contributed by atoms with van der Waals surface area (Å²) in [5.74, 6) is 0.765. The van der Waals surface area contributed by atoms with E-state index < -0.39 is 61.5 Å². The van der Waals surface area contributed by atoms with Crippen LogP contribution in [0.25, 0.3) is 0 Å². The maximum atomic E-state index is 12.9. The number of benzene rings is 1. The fraction of sp³-hybridized carbons (Fsp3) is 0.778. The smallest absolute Gasteiger partial charge is 0.410 e. The molecule has 1 aromatic carbocycles. The van der Waals surface area contributed by atoms with Gasteiger partial charge in [-0.15, -0.1) is 0 Å². The third-order valence-corrected chi connectivity index (χ3v) is 13.2. The number of aliphatic hydroxyl groups excluding tert-OH is 1. The van der Waals surface area contributed by atoms with Gasteiger partial charge in [-0.25, -0.2) is 9.59 Å². The summed E-state index contributed by atoms with van der Waals surface area (Å²) in [5.41, 5.74) is 0.900. The van der Waals surface area contributed by atoms with Crippen LogP contribution in [-0.4, -0.2) is 101 Å². The van der Waals surface area contributed by atoms with Crippen LogP contribution in [0.15, 0.2) is 30.3 Å².